The van der Waals surface area contributed by atoms with Crippen LogP contribution in [0, 0.1) is 19.8 Å². The first kappa shape index (κ1) is 25.5. The Hall–Kier alpha value is -4.76. The zero-order chi connectivity index (χ0) is 28.0. The first-order chi connectivity index (χ1) is 19.4. The summed E-state index contributed by atoms with van der Waals surface area (Å²) in [5.41, 5.74) is 11.2. The molecule has 0 bridgehead atoms. The summed E-state index contributed by atoms with van der Waals surface area (Å²) >= 11 is 0. The van der Waals surface area contributed by atoms with Crippen molar-refractivity contribution in [2.75, 3.05) is 17.7 Å². The molecular formula is C31H30N6O3. The van der Waals surface area contributed by atoms with E-state index in [1.165, 1.54) is 6.33 Å². The second-order valence-corrected chi connectivity index (χ2v) is 10.4. The van der Waals surface area contributed by atoms with Crippen molar-refractivity contribution in [3.05, 3.63) is 100 Å². The Morgan fingerprint density at radius 2 is 1.80 bits per heavy atom. The molecule has 3 heterocycles. The van der Waals surface area contributed by atoms with E-state index in [1.54, 1.807) is 23.6 Å². The van der Waals surface area contributed by atoms with E-state index in [4.69, 9.17) is 5.73 Å². The van der Waals surface area contributed by atoms with Crippen molar-refractivity contribution >= 4 is 28.4 Å². The lowest BCUT2D eigenvalue weighted by molar-refractivity contribution is 0.102. The number of aliphatic hydroxyl groups is 1. The van der Waals surface area contributed by atoms with Gasteiger partial charge in [0.15, 0.2) is 0 Å². The number of para-hydroxylation sites is 1. The molecule has 6 rings (SSSR count). The predicted molar refractivity (Wildman–Crippen MR) is 156 cm³/mol. The molecule has 9 nitrogen and oxygen atoms in total. The molecule has 9 heteroatoms. The molecule has 40 heavy (non-hydrogen) atoms. The quantitative estimate of drug-likeness (QED) is 0.291. The molecule has 1 aliphatic rings. The van der Waals surface area contributed by atoms with Gasteiger partial charge < -0.3 is 20.7 Å². The standard InChI is InChI=1S/C31H30N6O3/c1-18-12-19(2)37(23-6-4-3-5-7-23)31(40)26(18)30(39)35-22-10-8-21(9-11-22)25-15-36(24-13-20(14-24)16-38)29-27(25)28(32)33-17-34-29/h3-12,15,17,20,24,38H,13-14,16H2,1-2H3,(H,35,39)(H2,32,33,34)/t20-,24+. The van der Waals surface area contributed by atoms with Gasteiger partial charge in [-0.05, 0) is 74.1 Å². The Labute approximate surface area is 230 Å². The van der Waals surface area contributed by atoms with Gasteiger partial charge >= 0.3 is 0 Å². The van der Waals surface area contributed by atoms with Crippen molar-refractivity contribution in [1.82, 2.24) is 19.1 Å². The second kappa shape index (κ2) is 10.1. The van der Waals surface area contributed by atoms with Crippen molar-refractivity contribution in [2.45, 2.75) is 32.7 Å². The van der Waals surface area contributed by atoms with Crippen LogP contribution in [0.15, 0.2) is 78.0 Å². The van der Waals surface area contributed by atoms with E-state index in [9.17, 15) is 14.7 Å². The number of aromatic nitrogens is 4. The van der Waals surface area contributed by atoms with Gasteiger partial charge in [-0.2, -0.15) is 0 Å². The normalized spacial score (nSPS) is 16.6. The summed E-state index contributed by atoms with van der Waals surface area (Å²) in [6.45, 7) is 3.82. The predicted octanol–water partition coefficient (Wildman–Crippen LogP) is 4.64. The Morgan fingerprint density at radius 3 is 2.50 bits per heavy atom. The SMILES string of the molecule is Cc1cc(C)n(-c2ccccc2)c(=O)c1C(=O)Nc1ccc(-c2cn([C@H]3C[C@@H](CO)C3)c3ncnc(N)c23)cc1. The number of fused-ring (bicyclic) bond motifs is 1. The molecule has 0 unspecified atom stereocenters. The van der Waals surface area contributed by atoms with Gasteiger partial charge in [0.25, 0.3) is 11.5 Å². The summed E-state index contributed by atoms with van der Waals surface area (Å²) in [5.74, 6) is 0.248. The molecule has 202 valence electrons. The van der Waals surface area contributed by atoms with Gasteiger partial charge in [0.1, 0.15) is 23.4 Å². The van der Waals surface area contributed by atoms with E-state index in [2.05, 4.69) is 19.9 Å². The maximum atomic E-state index is 13.4. The third-order valence-electron chi connectivity index (χ3n) is 7.79. The molecule has 0 spiro atoms. The van der Waals surface area contributed by atoms with E-state index < -0.39 is 5.91 Å². The molecule has 3 aromatic heterocycles. The summed E-state index contributed by atoms with van der Waals surface area (Å²) in [6.07, 6.45) is 5.29. The second-order valence-electron chi connectivity index (χ2n) is 10.4. The number of carbonyl (C=O) groups is 1. The van der Waals surface area contributed by atoms with Gasteiger partial charge in [-0.1, -0.05) is 30.3 Å². The maximum Gasteiger partial charge on any atom is 0.268 e. The molecule has 1 aliphatic carbocycles. The summed E-state index contributed by atoms with van der Waals surface area (Å²) in [7, 11) is 0. The van der Waals surface area contributed by atoms with E-state index in [0.717, 1.165) is 40.7 Å². The van der Waals surface area contributed by atoms with Gasteiger partial charge in [0.05, 0.1) is 5.39 Å². The highest BCUT2D eigenvalue weighted by Crippen LogP contribution is 2.42. The van der Waals surface area contributed by atoms with E-state index >= 15 is 0 Å². The number of nitrogen functional groups attached to an aromatic ring is 1. The van der Waals surface area contributed by atoms with Crippen LogP contribution in [0.1, 0.15) is 40.5 Å². The number of hydrogen-bond acceptors (Lipinski definition) is 6. The summed E-state index contributed by atoms with van der Waals surface area (Å²) < 4.78 is 3.68. The minimum absolute atomic E-state index is 0.105. The first-order valence-corrected chi connectivity index (χ1v) is 13.3. The summed E-state index contributed by atoms with van der Waals surface area (Å²) in [4.78, 5) is 35.5. The van der Waals surface area contributed by atoms with E-state index in [1.807, 2.05) is 61.7 Å². The molecule has 4 N–H and O–H groups in total. The molecular weight excluding hydrogens is 504 g/mol. The number of nitrogens with one attached hydrogen (secondary N) is 1. The molecule has 1 amide bonds. The molecule has 1 fully saturated rings. The first-order valence-electron chi connectivity index (χ1n) is 13.3. The monoisotopic (exact) mass is 534 g/mol. The minimum Gasteiger partial charge on any atom is -0.396 e. The number of benzene rings is 2. The molecule has 0 aliphatic heterocycles. The maximum absolute atomic E-state index is 13.4. The third kappa shape index (κ3) is 4.34. The number of carbonyl (C=O) groups excluding carboxylic acids is 1. The Morgan fingerprint density at radius 1 is 1.07 bits per heavy atom. The largest absolute Gasteiger partial charge is 0.396 e. The lowest BCUT2D eigenvalue weighted by Crippen LogP contribution is -2.31. The fourth-order valence-electron chi connectivity index (χ4n) is 5.67. The van der Waals surface area contributed by atoms with Crippen LogP contribution in [-0.4, -0.2) is 36.7 Å². The fraction of sp³-hybridized carbons (Fsp3) is 0.226. The van der Waals surface area contributed by atoms with Crippen LogP contribution in [0.3, 0.4) is 0 Å². The number of nitrogens with two attached hydrogens (primary N) is 1. The third-order valence-corrected chi connectivity index (χ3v) is 7.79. The molecule has 5 aromatic rings. The van der Waals surface area contributed by atoms with Crippen molar-refractivity contribution in [2.24, 2.45) is 5.92 Å². The lowest BCUT2D eigenvalue weighted by atomic mass is 9.81. The summed E-state index contributed by atoms with van der Waals surface area (Å²) in [5, 5.41) is 13.1. The molecule has 0 atom stereocenters. The van der Waals surface area contributed by atoms with Gasteiger partial charge in [-0.15, -0.1) is 0 Å². The number of anilines is 2. The molecule has 0 radical (unpaired) electrons. The number of nitrogens with zero attached hydrogens (tertiary/aromatic N) is 4. The topological polar surface area (TPSA) is 128 Å². The van der Waals surface area contributed by atoms with Crippen LogP contribution in [0.5, 0.6) is 0 Å². The molecule has 2 aromatic carbocycles. The highest BCUT2D eigenvalue weighted by molar-refractivity contribution is 6.05. The van der Waals surface area contributed by atoms with Gasteiger partial charge in [0, 0.05) is 41.5 Å². The Balaban J connectivity index is 1.30. The number of rotatable bonds is 6. The van der Waals surface area contributed by atoms with Crippen molar-refractivity contribution < 1.29 is 9.90 Å². The average Bonchev–Trinajstić information content (AvgIpc) is 3.29. The van der Waals surface area contributed by atoms with Crippen molar-refractivity contribution in [1.29, 1.82) is 0 Å². The highest BCUT2D eigenvalue weighted by Gasteiger charge is 2.32. The van der Waals surface area contributed by atoms with Crippen molar-refractivity contribution in [3.8, 4) is 16.8 Å². The molecule has 1 saturated carbocycles. The van der Waals surface area contributed by atoms with Crippen LogP contribution in [0.2, 0.25) is 0 Å². The van der Waals surface area contributed by atoms with Crippen LogP contribution < -0.4 is 16.6 Å². The number of amides is 1. The zero-order valence-corrected chi connectivity index (χ0v) is 22.3. The van der Waals surface area contributed by atoms with Gasteiger partial charge in [-0.25, -0.2) is 9.97 Å². The minimum atomic E-state index is -0.461. The number of hydrogen-bond donors (Lipinski definition) is 3. The summed E-state index contributed by atoms with van der Waals surface area (Å²) in [6, 6.07) is 18.8. The smallest absolute Gasteiger partial charge is 0.268 e. The van der Waals surface area contributed by atoms with Crippen LogP contribution in [-0.2, 0) is 0 Å². The number of aryl methyl sites for hydroxylation is 2. The Kier molecular flexibility index (Phi) is 6.43. The number of pyridine rings is 1. The van der Waals surface area contributed by atoms with Crippen LogP contribution in [0.4, 0.5) is 11.5 Å². The zero-order valence-electron chi connectivity index (χ0n) is 22.3. The van der Waals surface area contributed by atoms with Gasteiger partial charge in [0.2, 0.25) is 0 Å². The molecule has 0 saturated heterocycles. The highest BCUT2D eigenvalue weighted by atomic mass is 16.3. The lowest BCUT2D eigenvalue weighted by Gasteiger charge is -2.35. The van der Waals surface area contributed by atoms with Crippen LogP contribution in [0.25, 0.3) is 27.8 Å². The van der Waals surface area contributed by atoms with Gasteiger partial charge in [-0.3, -0.25) is 14.2 Å². The van der Waals surface area contributed by atoms with E-state index in [0.29, 0.717) is 28.7 Å². The van der Waals surface area contributed by atoms with Crippen molar-refractivity contribution in [3.63, 3.8) is 0 Å². The van der Waals surface area contributed by atoms with Crippen LogP contribution >= 0.6 is 0 Å². The fourth-order valence-corrected chi connectivity index (χ4v) is 5.67. The average molecular weight is 535 g/mol. The van der Waals surface area contributed by atoms with E-state index in [-0.39, 0.29) is 23.8 Å². The number of aliphatic hydroxyl groups excluding tert-OH is 1. The Bertz CT molecular complexity index is 1780.